The Morgan fingerprint density at radius 3 is 2.52 bits per heavy atom. The van der Waals surface area contributed by atoms with Crippen molar-refractivity contribution in [2.24, 2.45) is 0 Å². The summed E-state index contributed by atoms with van der Waals surface area (Å²) in [6, 6.07) is 14.4. The third kappa shape index (κ3) is 3.48. The molecule has 7 heteroatoms. The number of nitrogens with one attached hydrogen (secondary N) is 1. The molecule has 3 rings (SSSR count). The molecule has 0 radical (unpaired) electrons. The van der Waals surface area contributed by atoms with Gasteiger partial charge in [-0.25, -0.2) is 18.1 Å². The van der Waals surface area contributed by atoms with Crippen molar-refractivity contribution in [3.8, 4) is 17.1 Å². The fraction of sp³-hybridized carbons (Fsp3) is 0.167. The molecule has 0 aliphatic heterocycles. The van der Waals surface area contributed by atoms with E-state index in [2.05, 4.69) is 9.71 Å². The van der Waals surface area contributed by atoms with Crippen LogP contribution in [-0.2, 0) is 16.4 Å². The van der Waals surface area contributed by atoms with Gasteiger partial charge in [0, 0.05) is 24.6 Å². The normalized spacial score (nSPS) is 11.6. The van der Waals surface area contributed by atoms with E-state index in [1.54, 1.807) is 30.5 Å². The number of aliphatic hydroxyl groups excluding tert-OH is 1. The first kappa shape index (κ1) is 17.3. The molecule has 1 aromatic heterocycles. The van der Waals surface area contributed by atoms with Gasteiger partial charge in [0.15, 0.2) is 0 Å². The van der Waals surface area contributed by atoms with E-state index in [0.29, 0.717) is 12.2 Å². The SMILES string of the molecule is CNS(=O)(=O)c1ccc(-c2nccn2-c2ccccc2CCO)cc1. The summed E-state index contributed by atoms with van der Waals surface area (Å²) in [6.07, 6.45) is 4.10. The van der Waals surface area contributed by atoms with Gasteiger partial charge >= 0.3 is 0 Å². The second-order valence-corrected chi connectivity index (χ2v) is 7.34. The van der Waals surface area contributed by atoms with E-state index in [0.717, 1.165) is 16.8 Å². The molecule has 2 N–H and O–H groups in total. The van der Waals surface area contributed by atoms with Crippen molar-refractivity contribution in [2.75, 3.05) is 13.7 Å². The van der Waals surface area contributed by atoms with Gasteiger partial charge in [0.1, 0.15) is 5.82 Å². The van der Waals surface area contributed by atoms with E-state index in [1.165, 1.54) is 7.05 Å². The summed E-state index contributed by atoms with van der Waals surface area (Å²) in [5.74, 6) is 0.707. The molecule has 0 aliphatic rings. The number of benzene rings is 2. The number of aromatic nitrogens is 2. The second kappa shape index (κ2) is 7.18. The van der Waals surface area contributed by atoms with E-state index >= 15 is 0 Å². The zero-order valence-electron chi connectivity index (χ0n) is 13.8. The van der Waals surface area contributed by atoms with Crippen LogP contribution < -0.4 is 4.72 Å². The molecule has 0 fully saturated rings. The maximum absolute atomic E-state index is 11.8. The molecule has 0 spiro atoms. The van der Waals surface area contributed by atoms with Gasteiger partial charge in [0.05, 0.1) is 10.6 Å². The lowest BCUT2D eigenvalue weighted by Crippen LogP contribution is -2.18. The molecule has 0 saturated carbocycles. The van der Waals surface area contributed by atoms with E-state index in [4.69, 9.17) is 0 Å². The highest BCUT2D eigenvalue weighted by Crippen LogP contribution is 2.25. The van der Waals surface area contributed by atoms with Gasteiger partial charge in [0.25, 0.3) is 0 Å². The van der Waals surface area contributed by atoms with Crippen LogP contribution >= 0.6 is 0 Å². The molecule has 0 atom stereocenters. The minimum Gasteiger partial charge on any atom is -0.396 e. The predicted molar refractivity (Wildman–Crippen MR) is 96.0 cm³/mol. The van der Waals surface area contributed by atoms with Crippen molar-refractivity contribution in [1.82, 2.24) is 14.3 Å². The average molecular weight is 357 g/mol. The molecule has 0 unspecified atom stereocenters. The average Bonchev–Trinajstić information content (AvgIpc) is 3.12. The van der Waals surface area contributed by atoms with Crippen molar-refractivity contribution in [2.45, 2.75) is 11.3 Å². The Morgan fingerprint density at radius 1 is 1.12 bits per heavy atom. The molecule has 6 nitrogen and oxygen atoms in total. The Balaban J connectivity index is 2.03. The van der Waals surface area contributed by atoms with E-state index in [-0.39, 0.29) is 11.5 Å². The van der Waals surface area contributed by atoms with Gasteiger partial charge in [0.2, 0.25) is 10.0 Å². The molecule has 130 valence electrons. The Kier molecular flexibility index (Phi) is 4.98. The molecule has 2 aromatic carbocycles. The van der Waals surface area contributed by atoms with Crippen molar-refractivity contribution in [3.63, 3.8) is 0 Å². The fourth-order valence-corrected chi connectivity index (χ4v) is 3.42. The van der Waals surface area contributed by atoms with Crippen LogP contribution in [0.15, 0.2) is 65.8 Å². The summed E-state index contributed by atoms with van der Waals surface area (Å²) in [5.41, 5.74) is 2.76. The van der Waals surface area contributed by atoms with E-state index < -0.39 is 10.0 Å². The summed E-state index contributed by atoms with van der Waals surface area (Å²) < 4.78 is 27.9. The van der Waals surface area contributed by atoms with Gasteiger partial charge in [-0.15, -0.1) is 0 Å². The summed E-state index contributed by atoms with van der Waals surface area (Å²) in [4.78, 5) is 4.62. The number of hydrogen-bond acceptors (Lipinski definition) is 4. The maximum atomic E-state index is 11.8. The predicted octanol–water partition coefficient (Wildman–Crippen LogP) is 1.98. The summed E-state index contributed by atoms with van der Waals surface area (Å²) >= 11 is 0. The number of aliphatic hydroxyl groups is 1. The van der Waals surface area contributed by atoms with Crippen LogP contribution in [0, 0.1) is 0 Å². The standard InChI is InChI=1S/C18H19N3O3S/c1-19-25(23,24)16-8-6-15(7-9-16)18-20-11-12-21(18)17-5-3-2-4-14(17)10-13-22/h2-9,11-12,19,22H,10,13H2,1H3. The minimum absolute atomic E-state index is 0.0671. The van der Waals surface area contributed by atoms with Crippen molar-refractivity contribution in [1.29, 1.82) is 0 Å². The van der Waals surface area contributed by atoms with Crippen LogP contribution in [-0.4, -0.2) is 36.7 Å². The van der Waals surface area contributed by atoms with Crippen LogP contribution in [0.1, 0.15) is 5.56 Å². The lowest BCUT2D eigenvalue weighted by Gasteiger charge is -2.13. The second-order valence-electron chi connectivity index (χ2n) is 5.46. The maximum Gasteiger partial charge on any atom is 0.240 e. The molecular formula is C18H19N3O3S. The Bertz CT molecular complexity index is 963. The molecule has 1 heterocycles. The van der Waals surface area contributed by atoms with Crippen molar-refractivity contribution < 1.29 is 13.5 Å². The molecule has 0 bridgehead atoms. The zero-order chi connectivity index (χ0) is 17.9. The number of para-hydroxylation sites is 1. The van der Waals surface area contributed by atoms with E-state index in [9.17, 15) is 13.5 Å². The largest absolute Gasteiger partial charge is 0.396 e. The van der Waals surface area contributed by atoms with Gasteiger partial charge in [-0.1, -0.05) is 18.2 Å². The number of rotatable bonds is 6. The minimum atomic E-state index is -3.47. The third-order valence-electron chi connectivity index (χ3n) is 3.96. The molecule has 0 aliphatic carbocycles. The molecule has 25 heavy (non-hydrogen) atoms. The first-order chi connectivity index (χ1) is 12.1. The molecular weight excluding hydrogens is 338 g/mol. The van der Waals surface area contributed by atoms with Crippen LogP contribution in [0.25, 0.3) is 17.1 Å². The highest BCUT2D eigenvalue weighted by Gasteiger charge is 2.14. The van der Waals surface area contributed by atoms with Gasteiger partial charge in [-0.2, -0.15) is 0 Å². The monoisotopic (exact) mass is 357 g/mol. The quantitative estimate of drug-likeness (QED) is 0.706. The number of sulfonamides is 1. The Morgan fingerprint density at radius 2 is 1.84 bits per heavy atom. The Labute approximate surface area is 146 Å². The van der Waals surface area contributed by atoms with Crippen LogP contribution in [0.5, 0.6) is 0 Å². The first-order valence-electron chi connectivity index (χ1n) is 7.83. The number of hydrogen-bond donors (Lipinski definition) is 2. The lowest BCUT2D eigenvalue weighted by molar-refractivity contribution is 0.299. The number of imidazole rings is 1. The molecule has 0 saturated heterocycles. The lowest BCUT2D eigenvalue weighted by atomic mass is 10.1. The highest BCUT2D eigenvalue weighted by molar-refractivity contribution is 7.89. The van der Waals surface area contributed by atoms with Crippen molar-refractivity contribution >= 4 is 10.0 Å². The topological polar surface area (TPSA) is 84.2 Å². The molecule has 0 amide bonds. The first-order valence-corrected chi connectivity index (χ1v) is 9.31. The Hall–Kier alpha value is -2.48. The summed E-state index contributed by atoms with van der Waals surface area (Å²) in [6.45, 7) is 0.0671. The molecule has 3 aromatic rings. The van der Waals surface area contributed by atoms with Crippen LogP contribution in [0.2, 0.25) is 0 Å². The van der Waals surface area contributed by atoms with Gasteiger partial charge < -0.3 is 5.11 Å². The van der Waals surface area contributed by atoms with Crippen LogP contribution in [0.3, 0.4) is 0 Å². The van der Waals surface area contributed by atoms with Gasteiger partial charge in [-0.05, 0) is 49.4 Å². The van der Waals surface area contributed by atoms with Crippen molar-refractivity contribution in [3.05, 3.63) is 66.5 Å². The van der Waals surface area contributed by atoms with E-state index in [1.807, 2.05) is 35.0 Å². The van der Waals surface area contributed by atoms with Crippen LogP contribution in [0.4, 0.5) is 0 Å². The highest BCUT2D eigenvalue weighted by atomic mass is 32.2. The fourth-order valence-electron chi connectivity index (χ4n) is 2.69. The van der Waals surface area contributed by atoms with Gasteiger partial charge in [-0.3, -0.25) is 4.57 Å². The smallest absolute Gasteiger partial charge is 0.240 e. The summed E-state index contributed by atoms with van der Waals surface area (Å²) in [5, 5.41) is 9.27. The summed E-state index contributed by atoms with van der Waals surface area (Å²) in [7, 11) is -2.08. The number of nitrogens with zero attached hydrogens (tertiary/aromatic N) is 2. The zero-order valence-corrected chi connectivity index (χ0v) is 14.6. The third-order valence-corrected chi connectivity index (χ3v) is 5.39.